The fourth-order valence-corrected chi connectivity index (χ4v) is 8.63. The van der Waals surface area contributed by atoms with Gasteiger partial charge in [0.05, 0.1) is 6.04 Å². The Balaban J connectivity index is 1.32. The molecule has 5 fully saturated rings. The minimum Gasteiger partial charge on any atom is -0.426 e. The molecular weight excluding hydrogens is 464 g/mol. The van der Waals surface area contributed by atoms with E-state index in [-0.39, 0.29) is 23.3 Å². The van der Waals surface area contributed by atoms with Gasteiger partial charge in [0, 0.05) is 36.7 Å². The molecule has 0 aromatic carbocycles. The van der Waals surface area contributed by atoms with Crippen molar-refractivity contribution in [3.05, 3.63) is 11.6 Å². The second-order valence-corrected chi connectivity index (χ2v) is 12.8. The Morgan fingerprint density at radius 3 is 2.50 bits per heavy atom. The maximum atomic E-state index is 16.6. The van der Waals surface area contributed by atoms with Crippen LogP contribution in [0.2, 0.25) is 0 Å². The zero-order chi connectivity index (χ0) is 25.3. The van der Waals surface area contributed by atoms with Crippen LogP contribution in [-0.4, -0.2) is 42.3 Å². The number of carbonyl (C=O) groups is 1. The highest BCUT2D eigenvalue weighted by atomic mass is 19.3. The van der Waals surface area contributed by atoms with E-state index in [1.807, 2.05) is 6.92 Å². The van der Waals surface area contributed by atoms with Crippen molar-refractivity contribution < 1.29 is 27.8 Å². The van der Waals surface area contributed by atoms with Crippen LogP contribution in [0, 0.1) is 28.6 Å². The topological polar surface area (TPSA) is 57.1 Å². The third-order valence-corrected chi connectivity index (χ3v) is 10.6. The number of alkyl halides is 2. The van der Waals surface area contributed by atoms with Crippen molar-refractivity contribution in [2.75, 3.05) is 6.61 Å². The number of hydrogen-bond acceptors (Lipinski definition) is 5. The second kappa shape index (κ2) is 8.59. The molecule has 0 aromatic heterocycles. The monoisotopic (exact) mass is 505 g/mol. The van der Waals surface area contributed by atoms with Crippen LogP contribution in [0.4, 0.5) is 8.78 Å². The average Bonchev–Trinajstić information content (AvgIpc) is 3.58. The van der Waals surface area contributed by atoms with Crippen LogP contribution in [0.1, 0.15) is 97.8 Å². The van der Waals surface area contributed by atoms with Crippen LogP contribution in [0.15, 0.2) is 16.6 Å². The summed E-state index contributed by atoms with van der Waals surface area (Å²) in [7, 11) is 0. The molecule has 7 heteroatoms. The summed E-state index contributed by atoms with van der Waals surface area (Å²) < 4.78 is 50.2. The lowest BCUT2D eigenvalue weighted by Gasteiger charge is -2.60. The summed E-state index contributed by atoms with van der Waals surface area (Å²) in [5, 5.41) is 0. The van der Waals surface area contributed by atoms with Gasteiger partial charge < -0.3 is 14.2 Å². The highest BCUT2D eigenvalue weighted by molar-refractivity contribution is 5.92. The Kier molecular flexibility index (Phi) is 5.96. The van der Waals surface area contributed by atoms with Crippen LogP contribution in [-0.2, 0) is 19.0 Å². The number of rotatable bonds is 4. The Labute approximate surface area is 213 Å². The van der Waals surface area contributed by atoms with E-state index in [1.165, 1.54) is 25.5 Å². The van der Waals surface area contributed by atoms with E-state index < -0.39 is 29.4 Å². The fourth-order valence-electron chi connectivity index (χ4n) is 8.63. The highest BCUT2D eigenvalue weighted by Crippen LogP contribution is 2.68. The van der Waals surface area contributed by atoms with Crippen LogP contribution in [0.5, 0.6) is 0 Å². The lowest BCUT2D eigenvalue weighted by Crippen LogP contribution is -2.64. The predicted molar refractivity (Wildman–Crippen MR) is 132 cm³/mol. The van der Waals surface area contributed by atoms with E-state index in [2.05, 4.69) is 6.92 Å². The number of aliphatic imine (C=N–C) groups is 1. The first-order chi connectivity index (χ1) is 17.1. The molecule has 5 nitrogen and oxygen atoms in total. The summed E-state index contributed by atoms with van der Waals surface area (Å²) in [6.07, 6.45) is 11.0. The summed E-state index contributed by atoms with van der Waals surface area (Å²) in [6, 6.07) is 0.531. The molecule has 0 radical (unpaired) electrons. The van der Waals surface area contributed by atoms with Crippen LogP contribution >= 0.6 is 0 Å². The second-order valence-electron chi connectivity index (χ2n) is 12.8. The molecule has 0 spiro atoms. The van der Waals surface area contributed by atoms with Gasteiger partial charge in [0.1, 0.15) is 0 Å². The van der Waals surface area contributed by atoms with Crippen molar-refractivity contribution >= 4 is 11.7 Å². The van der Waals surface area contributed by atoms with Crippen LogP contribution in [0.3, 0.4) is 0 Å². The lowest BCUT2D eigenvalue weighted by molar-refractivity contribution is -0.376. The fraction of sp³-hybridized carbons (Fsp3) is 0.862. The van der Waals surface area contributed by atoms with Gasteiger partial charge in [0.15, 0.2) is 6.29 Å². The zero-order valence-electron chi connectivity index (χ0n) is 22.0. The molecule has 4 saturated carbocycles. The minimum atomic E-state index is -3.41. The van der Waals surface area contributed by atoms with E-state index in [1.54, 1.807) is 6.08 Å². The lowest BCUT2D eigenvalue weighted by atomic mass is 9.47. The van der Waals surface area contributed by atoms with Crippen molar-refractivity contribution in [3.8, 4) is 0 Å². The molecule has 0 N–H and O–H groups in total. The quantitative estimate of drug-likeness (QED) is 0.245. The van der Waals surface area contributed by atoms with Crippen molar-refractivity contribution in [1.82, 2.24) is 0 Å². The number of esters is 1. The first-order valence-electron chi connectivity index (χ1n) is 14.2. The Morgan fingerprint density at radius 1 is 1.03 bits per heavy atom. The molecule has 2 unspecified atom stereocenters. The molecule has 200 valence electrons. The molecule has 1 saturated heterocycles. The van der Waals surface area contributed by atoms with E-state index >= 15 is 8.78 Å². The third-order valence-electron chi connectivity index (χ3n) is 10.6. The molecule has 6 rings (SSSR count). The number of nitrogens with zero attached hydrogens (tertiary/aromatic N) is 1. The molecule has 1 aliphatic heterocycles. The van der Waals surface area contributed by atoms with Gasteiger partial charge in [-0.05, 0) is 93.8 Å². The molecule has 0 amide bonds. The van der Waals surface area contributed by atoms with Gasteiger partial charge >= 0.3 is 11.9 Å². The highest BCUT2D eigenvalue weighted by Gasteiger charge is 2.71. The van der Waals surface area contributed by atoms with Gasteiger partial charge in [-0.3, -0.25) is 9.79 Å². The van der Waals surface area contributed by atoms with Crippen molar-refractivity contribution in [1.29, 1.82) is 0 Å². The average molecular weight is 506 g/mol. The molecule has 5 aliphatic carbocycles. The number of hydrogen-bond donors (Lipinski definition) is 0. The van der Waals surface area contributed by atoms with Gasteiger partial charge in [-0.1, -0.05) is 19.9 Å². The van der Waals surface area contributed by atoms with Crippen molar-refractivity contribution in [3.63, 3.8) is 0 Å². The molecule has 0 aromatic rings. The Bertz CT molecular complexity index is 970. The normalized spacial score (nSPS) is 46.9. The number of allylic oxidation sites excluding steroid dienone is 1. The SMILES string of the molecule is CC(=O)OC1(OC2CCCCO2)CC[C@@]2(C)C(=CC[C@@H]3[C@@H]2CC[C@]2(C)C(=NC4CC4)CC[C@@H]32)C1(F)F. The van der Waals surface area contributed by atoms with Crippen molar-refractivity contribution in [2.45, 2.75) is 122 Å². The summed E-state index contributed by atoms with van der Waals surface area (Å²) in [5.74, 6) is -5.37. The minimum absolute atomic E-state index is 0.0210. The molecule has 1 heterocycles. The van der Waals surface area contributed by atoms with Crippen LogP contribution < -0.4 is 0 Å². The third kappa shape index (κ3) is 3.73. The largest absolute Gasteiger partial charge is 0.426 e. The number of fused-ring (bicyclic) bond motifs is 5. The van der Waals surface area contributed by atoms with E-state index in [4.69, 9.17) is 19.2 Å². The Hall–Kier alpha value is -1.34. The Morgan fingerprint density at radius 2 is 1.81 bits per heavy atom. The number of ether oxygens (including phenoxy) is 3. The van der Waals surface area contributed by atoms with E-state index in [9.17, 15) is 4.79 Å². The first kappa shape index (κ1) is 25.0. The summed E-state index contributed by atoms with van der Waals surface area (Å²) in [4.78, 5) is 17.2. The summed E-state index contributed by atoms with van der Waals surface area (Å²) in [5.41, 5.74) is 1.00. The number of halogens is 2. The maximum Gasteiger partial charge on any atom is 0.333 e. The molecule has 0 bridgehead atoms. The molecule has 36 heavy (non-hydrogen) atoms. The molecular formula is C29H41F2NO4. The predicted octanol–water partition coefficient (Wildman–Crippen LogP) is 6.60. The smallest absolute Gasteiger partial charge is 0.333 e. The maximum absolute atomic E-state index is 16.6. The van der Waals surface area contributed by atoms with Gasteiger partial charge in [-0.15, -0.1) is 0 Å². The molecule has 7 atom stereocenters. The van der Waals surface area contributed by atoms with Crippen molar-refractivity contribution in [2.24, 2.45) is 33.6 Å². The molecule has 6 aliphatic rings. The van der Waals surface area contributed by atoms with Gasteiger partial charge in [-0.25, -0.2) is 0 Å². The van der Waals surface area contributed by atoms with E-state index in [0.717, 1.165) is 38.5 Å². The van der Waals surface area contributed by atoms with Gasteiger partial charge in [0.25, 0.3) is 5.79 Å². The van der Waals surface area contributed by atoms with Gasteiger partial charge in [-0.2, -0.15) is 8.78 Å². The standard InChI is InChI=1S/C29H41F2NO4/c1-18(33)35-28(36-25-6-4-5-17-34-25)16-15-26(2)22-13-14-27(3)21(10-12-24(27)32-19-7-8-19)20(22)9-11-23(26)29(28,30)31/h11,19-22,25H,4-10,12-17H2,1-3H3/t20-,21-,22-,25?,26+,27-,28?/m0/s1. The van der Waals surface area contributed by atoms with E-state index in [0.29, 0.717) is 43.7 Å². The van der Waals surface area contributed by atoms with Crippen LogP contribution in [0.25, 0.3) is 0 Å². The number of carbonyl (C=O) groups excluding carboxylic acids is 1. The summed E-state index contributed by atoms with van der Waals surface area (Å²) >= 11 is 0. The van der Waals surface area contributed by atoms with Gasteiger partial charge in [0.2, 0.25) is 0 Å². The first-order valence-corrected chi connectivity index (χ1v) is 14.2. The zero-order valence-corrected chi connectivity index (χ0v) is 22.0. The summed E-state index contributed by atoms with van der Waals surface area (Å²) in [6.45, 7) is 6.09.